The highest BCUT2D eigenvalue weighted by Gasteiger charge is 2.14. The third kappa shape index (κ3) is 5.23. The van der Waals surface area contributed by atoms with Crippen molar-refractivity contribution in [2.24, 2.45) is 0 Å². The monoisotopic (exact) mass is 341 g/mol. The van der Waals surface area contributed by atoms with Crippen molar-refractivity contribution in [2.45, 2.75) is 18.7 Å². The molecule has 0 bridgehead atoms. The molecule has 0 aliphatic carbocycles. The number of hydrogen-bond donors (Lipinski definition) is 1. The highest BCUT2D eigenvalue weighted by molar-refractivity contribution is 7.91. The molecule has 4 nitrogen and oxygen atoms in total. The van der Waals surface area contributed by atoms with Gasteiger partial charge in [-0.1, -0.05) is 47.5 Å². The molecule has 0 unspecified atom stereocenters. The summed E-state index contributed by atoms with van der Waals surface area (Å²) in [4.78, 5) is 11.9. The van der Waals surface area contributed by atoms with E-state index in [1.54, 1.807) is 18.2 Å². The second kappa shape index (κ2) is 7.77. The number of amides is 1. The summed E-state index contributed by atoms with van der Waals surface area (Å²) < 4.78 is 24.2. The lowest BCUT2D eigenvalue weighted by Gasteiger charge is -2.05. The maximum absolute atomic E-state index is 12.1. The van der Waals surface area contributed by atoms with Gasteiger partial charge in [0.15, 0.2) is 9.84 Å². The van der Waals surface area contributed by atoms with Gasteiger partial charge in [-0.15, -0.1) is 5.73 Å². The van der Waals surface area contributed by atoms with E-state index in [0.29, 0.717) is 0 Å². The van der Waals surface area contributed by atoms with Crippen LogP contribution in [0.3, 0.4) is 0 Å². The predicted molar refractivity (Wildman–Crippen MR) is 95.1 cm³/mol. The molecule has 0 saturated heterocycles. The van der Waals surface area contributed by atoms with Crippen molar-refractivity contribution in [1.29, 1.82) is 0 Å². The van der Waals surface area contributed by atoms with E-state index < -0.39 is 21.6 Å². The molecule has 2 aromatic rings. The van der Waals surface area contributed by atoms with Gasteiger partial charge in [-0.05, 0) is 37.6 Å². The number of aryl methyl sites for hydroxylation is 2. The molecule has 2 aromatic carbocycles. The standard InChI is InChI=1S/C19H19NO3S/c1-15-6-10-17(11-7-15)4-3-5-19(21)20-14-24(22,23)18-12-8-16(2)9-13-18/h4-13H,14H2,1-2H3,(H,20,21). The molecule has 2 rings (SSSR count). The van der Waals surface area contributed by atoms with Gasteiger partial charge in [-0.25, -0.2) is 8.42 Å². The Kier molecular flexibility index (Phi) is 5.74. The minimum Gasteiger partial charge on any atom is -0.338 e. The molecular weight excluding hydrogens is 322 g/mol. The Balaban J connectivity index is 1.96. The summed E-state index contributed by atoms with van der Waals surface area (Å²) >= 11 is 0. The fraction of sp³-hybridized carbons (Fsp3) is 0.158. The predicted octanol–water partition coefficient (Wildman–Crippen LogP) is 3.02. The Morgan fingerprint density at radius 3 is 2.12 bits per heavy atom. The van der Waals surface area contributed by atoms with E-state index in [4.69, 9.17) is 0 Å². The molecule has 0 saturated carbocycles. The van der Waals surface area contributed by atoms with Gasteiger partial charge in [0.2, 0.25) is 0 Å². The van der Waals surface area contributed by atoms with E-state index in [-0.39, 0.29) is 4.90 Å². The SMILES string of the molecule is Cc1ccc(C=C=CC(=O)NCS(=O)(=O)c2ccc(C)cc2)cc1. The topological polar surface area (TPSA) is 63.2 Å². The molecule has 0 heterocycles. The van der Waals surface area contributed by atoms with Crippen molar-refractivity contribution in [3.05, 3.63) is 77.0 Å². The average Bonchev–Trinajstić information content (AvgIpc) is 2.55. The largest absolute Gasteiger partial charge is 0.338 e. The molecule has 24 heavy (non-hydrogen) atoms. The molecular formula is C19H19NO3S. The first-order valence-corrected chi connectivity index (χ1v) is 9.08. The molecule has 0 radical (unpaired) electrons. The third-order valence-electron chi connectivity index (χ3n) is 3.36. The third-order valence-corrected chi connectivity index (χ3v) is 4.87. The Morgan fingerprint density at radius 1 is 1.00 bits per heavy atom. The van der Waals surface area contributed by atoms with Crippen LogP contribution < -0.4 is 5.32 Å². The maximum atomic E-state index is 12.1. The van der Waals surface area contributed by atoms with Gasteiger partial charge >= 0.3 is 0 Å². The molecule has 0 aliphatic heterocycles. The number of benzene rings is 2. The first kappa shape index (κ1) is 17.7. The quantitative estimate of drug-likeness (QED) is 0.672. The van der Waals surface area contributed by atoms with Crippen LogP contribution in [0, 0.1) is 13.8 Å². The molecule has 124 valence electrons. The zero-order valence-corrected chi connectivity index (χ0v) is 14.4. The number of carbonyl (C=O) groups is 1. The van der Waals surface area contributed by atoms with Crippen LogP contribution in [0.4, 0.5) is 0 Å². The number of sulfone groups is 1. The van der Waals surface area contributed by atoms with E-state index in [0.717, 1.165) is 16.7 Å². The summed E-state index contributed by atoms with van der Waals surface area (Å²) in [7, 11) is -3.54. The lowest BCUT2D eigenvalue weighted by Crippen LogP contribution is -2.28. The minimum absolute atomic E-state index is 0.188. The van der Waals surface area contributed by atoms with Crippen molar-refractivity contribution in [3.63, 3.8) is 0 Å². The molecule has 0 atom stereocenters. The van der Waals surface area contributed by atoms with Crippen LogP contribution in [-0.4, -0.2) is 20.2 Å². The maximum Gasteiger partial charge on any atom is 0.252 e. The Morgan fingerprint density at radius 2 is 1.54 bits per heavy atom. The van der Waals surface area contributed by atoms with Gasteiger partial charge in [0, 0.05) is 6.08 Å². The highest BCUT2D eigenvalue weighted by Crippen LogP contribution is 2.11. The molecule has 5 heteroatoms. The normalized spacial score (nSPS) is 10.6. The van der Waals surface area contributed by atoms with E-state index in [9.17, 15) is 13.2 Å². The first-order valence-electron chi connectivity index (χ1n) is 7.43. The van der Waals surface area contributed by atoms with Crippen molar-refractivity contribution >= 4 is 21.8 Å². The van der Waals surface area contributed by atoms with Gasteiger partial charge in [-0.2, -0.15) is 0 Å². The van der Waals surface area contributed by atoms with E-state index in [1.807, 2.05) is 38.1 Å². The van der Waals surface area contributed by atoms with Crippen LogP contribution in [0.5, 0.6) is 0 Å². The van der Waals surface area contributed by atoms with E-state index >= 15 is 0 Å². The lowest BCUT2D eigenvalue weighted by atomic mass is 10.1. The molecule has 0 aliphatic rings. The summed E-state index contributed by atoms with van der Waals surface area (Å²) in [6.07, 6.45) is 2.85. The van der Waals surface area contributed by atoms with Gasteiger partial charge in [-0.3, -0.25) is 4.79 Å². The second-order valence-electron chi connectivity index (χ2n) is 5.48. The number of nitrogens with one attached hydrogen (secondary N) is 1. The van der Waals surface area contributed by atoms with Crippen LogP contribution >= 0.6 is 0 Å². The smallest absolute Gasteiger partial charge is 0.252 e. The van der Waals surface area contributed by atoms with Gasteiger partial charge in [0.05, 0.1) is 4.90 Å². The highest BCUT2D eigenvalue weighted by atomic mass is 32.2. The minimum atomic E-state index is -3.54. The van der Waals surface area contributed by atoms with E-state index in [2.05, 4.69) is 11.0 Å². The fourth-order valence-electron chi connectivity index (χ4n) is 1.92. The van der Waals surface area contributed by atoms with Crippen LogP contribution in [0.15, 0.2) is 65.2 Å². The van der Waals surface area contributed by atoms with E-state index in [1.165, 1.54) is 18.2 Å². The summed E-state index contributed by atoms with van der Waals surface area (Å²) in [5.41, 5.74) is 5.78. The molecule has 0 fully saturated rings. The zero-order valence-electron chi connectivity index (χ0n) is 13.6. The van der Waals surface area contributed by atoms with Crippen molar-refractivity contribution in [2.75, 3.05) is 5.88 Å². The summed E-state index contributed by atoms with van der Waals surface area (Å²) in [6, 6.07) is 14.3. The first-order chi connectivity index (χ1) is 11.4. The van der Waals surface area contributed by atoms with Crippen molar-refractivity contribution in [3.8, 4) is 0 Å². The van der Waals surface area contributed by atoms with Gasteiger partial charge < -0.3 is 5.32 Å². The summed E-state index contributed by atoms with van der Waals surface area (Å²) in [5.74, 6) is -0.952. The number of rotatable bonds is 5. The molecule has 0 spiro atoms. The lowest BCUT2D eigenvalue weighted by molar-refractivity contribution is -0.116. The zero-order chi connectivity index (χ0) is 17.6. The molecule has 0 aromatic heterocycles. The average molecular weight is 341 g/mol. The Labute approximate surface area is 142 Å². The number of carbonyl (C=O) groups excluding carboxylic acids is 1. The summed E-state index contributed by atoms with van der Waals surface area (Å²) in [6.45, 7) is 3.87. The van der Waals surface area contributed by atoms with Crippen LogP contribution in [-0.2, 0) is 14.6 Å². The van der Waals surface area contributed by atoms with Crippen LogP contribution in [0.2, 0.25) is 0 Å². The van der Waals surface area contributed by atoms with Crippen LogP contribution in [0.1, 0.15) is 16.7 Å². The van der Waals surface area contributed by atoms with Crippen molar-refractivity contribution < 1.29 is 13.2 Å². The van der Waals surface area contributed by atoms with Gasteiger partial charge in [0.25, 0.3) is 5.91 Å². The van der Waals surface area contributed by atoms with Crippen molar-refractivity contribution in [1.82, 2.24) is 5.32 Å². The Hall–Kier alpha value is -2.62. The molecule has 1 amide bonds. The number of hydrogen-bond acceptors (Lipinski definition) is 3. The Bertz CT molecular complexity index is 873. The summed E-state index contributed by atoms with van der Waals surface area (Å²) in [5, 5.41) is 2.37. The van der Waals surface area contributed by atoms with Crippen LogP contribution in [0.25, 0.3) is 6.08 Å². The fourth-order valence-corrected chi connectivity index (χ4v) is 2.97. The molecule has 1 N–H and O–H groups in total. The van der Waals surface area contributed by atoms with Gasteiger partial charge in [0.1, 0.15) is 5.88 Å². The second-order valence-corrected chi connectivity index (χ2v) is 7.47.